The summed E-state index contributed by atoms with van der Waals surface area (Å²) in [5, 5.41) is 0. The molecule has 1 aromatic rings. The number of likely N-dealkylation sites (tertiary alicyclic amines) is 1. The number of ether oxygens (including phenoxy) is 1. The molecule has 8 nitrogen and oxygen atoms in total. The lowest BCUT2D eigenvalue weighted by Crippen LogP contribution is -2.48. The Balaban J connectivity index is 1.58. The molecule has 2 atom stereocenters. The van der Waals surface area contributed by atoms with Gasteiger partial charge in [-0.15, -0.1) is 0 Å². The molecule has 32 heavy (non-hydrogen) atoms. The fourth-order valence-corrected chi connectivity index (χ4v) is 4.53. The largest absolute Gasteiger partial charge is 0.466 e. The molecule has 2 heterocycles. The van der Waals surface area contributed by atoms with E-state index in [0.717, 1.165) is 24.1 Å². The van der Waals surface area contributed by atoms with Crippen LogP contribution >= 0.6 is 0 Å². The van der Waals surface area contributed by atoms with Crippen LogP contribution in [0.3, 0.4) is 0 Å². The average Bonchev–Trinajstić information content (AvgIpc) is 3.19. The summed E-state index contributed by atoms with van der Waals surface area (Å²) in [6, 6.07) is 7.74. The fraction of sp³-hybridized carbons (Fsp3) is 0.583. The molecule has 174 valence electrons. The van der Waals surface area contributed by atoms with Crippen LogP contribution in [-0.2, 0) is 30.3 Å². The minimum absolute atomic E-state index is 0.0649. The van der Waals surface area contributed by atoms with Crippen molar-refractivity contribution in [2.75, 3.05) is 44.7 Å². The van der Waals surface area contributed by atoms with Gasteiger partial charge in [0.05, 0.1) is 25.0 Å². The van der Waals surface area contributed by atoms with Gasteiger partial charge in [0.1, 0.15) is 0 Å². The minimum Gasteiger partial charge on any atom is -0.466 e. The first kappa shape index (κ1) is 23.8. The number of hydrogen-bond donors (Lipinski definition) is 0. The van der Waals surface area contributed by atoms with Gasteiger partial charge >= 0.3 is 5.97 Å². The van der Waals surface area contributed by atoms with Crippen LogP contribution in [0.25, 0.3) is 0 Å². The monoisotopic (exact) mass is 443 g/mol. The normalized spacial score (nSPS) is 20.9. The van der Waals surface area contributed by atoms with Crippen molar-refractivity contribution in [3.05, 3.63) is 29.8 Å². The molecule has 2 aliphatic rings. The maximum absolute atomic E-state index is 13.0. The molecule has 0 N–H and O–H groups in total. The molecular weight excluding hydrogens is 410 g/mol. The smallest absolute Gasteiger partial charge is 0.310 e. The first-order valence-corrected chi connectivity index (χ1v) is 11.4. The minimum atomic E-state index is -0.473. The first-order valence-electron chi connectivity index (χ1n) is 11.4. The number of anilines is 1. The summed E-state index contributed by atoms with van der Waals surface area (Å²) in [4.78, 5) is 55.2. The van der Waals surface area contributed by atoms with Gasteiger partial charge in [-0.1, -0.05) is 25.1 Å². The van der Waals surface area contributed by atoms with Crippen LogP contribution in [-0.4, -0.2) is 73.3 Å². The van der Waals surface area contributed by atoms with Gasteiger partial charge in [0.2, 0.25) is 17.7 Å². The van der Waals surface area contributed by atoms with Gasteiger partial charge in [0.25, 0.3) is 0 Å². The number of amides is 3. The predicted octanol–water partition coefficient (Wildman–Crippen LogP) is 1.86. The van der Waals surface area contributed by atoms with Crippen LogP contribution in [0.4, 0.5) is 5.69 Å². The van der Waals surface area contributed by atoms with E-state index in [1.54, 1.807) is 23.8 Å². The van der Waals surface area contributed by atoms with E-state index in [9.17, 15) is 19.2 Å². The maximum Gasteiger partial charge on any atom is 0.310 e. The quantitative estimate of drug-likeness (QED) is 0.601. The molecule has 2 fully saturated rings. The van der Waals surface area contributed by atoms with Gasteiger partial charge in [0, 0.05) is 38.8 Å². The van der Waals surface area contributed by atoms with Gasteiger partial charge in [-0.2, -0.15) is 0 Å². The molecule has 1 aromatic carbocycles. The van der Waals surface area contributed by atoms with E-state index in [0.29, 0.717) is 32.7 Å². The van der Waals surface area contributed by atoms with E-state index in [-0.39, 0.29) is 42.6 Å². The number of esters is 1. The van der Waals surface area contributed by atoms with E-state index >= 15 is 0 Å². The van der Waals surface area contributed by atoms with Crippen molar-refractivity contribution < 1.29 is 23.9 Å². The summed E-state index contributed by atoms with van der Waals surface area (Å²) < 4.78 is 5.09. The Labute approximate surface area is 189 Å². The Kier molecular flexibility index (Phi) is 7.88. The molecule has 0 saturated carbocycles. The van der Waals surface area contributed by atoms with Crippen LogP contribution in [0, 0.1) is 11.8 Å². The van der Waals surface area contributed by atoms with E-state index < -0.39 is 5.92 Å². The molecule has 2 unspecified atom stereocenters. The number of rotatable bonds is 7. The van der Waals surface area contributed by atoms with Crippen molar-refractivity contribution in [1.82, 2.24) is 9.80 Å². The van der Waals surface area contributed by atoms with Crippen LogP contribution in [0.1, 0.15) is 38.7 Å². The van der Waals surface area contributed by atoms with E-state index in [1.807, 2.05) is 31.2 Å². The highest BCUT2D eigenvalue weighted by Crippen LogP contribution is 2.29. The Morgan fingerprint density at radius 3 is 2.59 bits per heavy atom. The predicted molar refractivity (Wildman–Crippen MR) is 120 cm³/mol. The van der Waals surface area contributed by atoms with Crippen molar-refractivity contribution in [2.24, 2.45) is 11.8 Å². The summed E-state index contributed by atoms with van der Waals surface area (Å²) in [6.07, 6.45) is 2.38. The molecule has 3 amide bonds. The lowest BCUT2D eigenvalue weighted by molar-refractivity contribution is -0.152. The number of para-hydroxylation sites is 1. The first-order chi connectivity index (χ1) is 15.3. The van der Waals surface area contributed by atoms with Gasteiger partial charge in [-0.3, -0.25) is 19.2 Å². The molecule has 8 heteroatoms. The van der Waals surface area contributed by atoms with E-state index in [1.165, 1.54) is 4.90 Å². The van der Waals surface area contributed by atoms with Crippen molar-refractivity contribution in [3.63, 3.8) is 0 Å². The van der Waals surface area contributed by atoms with Gasteiger partial charge in [0.15, 0.2) is 0 Å². The van der Waals surface area contributed by atoms with Crippen LogP contribution in [0.5, 0.6) is 0 Å². The Morgan fingerprint density at radius 2 is 1.88 bits per heavy atom. The topological polar surface area (TPSA) is 87.2 Å². The maximum atomic E-state index is 13.0. The number of carbonyl (C=O) groups excluding carboxylic acids is 4. The van der Waals surface area contributed by atoms with Gasteiger partial charge in [-0.05, 0) is 37.8 Å². The zero-order chi connectivity index (χ0) is 23.3. The number of hydrogen-bond acceptors (Lipinski definition) is 5. The molecule has 0 spiro atoms. The third kappa shape index (κ3) is 5.29. The highest BCUT2D eigenvalue weighted by atomic mass is 16.5. The number of carbonyl (C=O) groups is 4. The highest BCUT2D eigenvalue weighted by molar-refractivity contribution is 6.01. The standard InChI is InChI=1S/C24H33N3O5/c1-4-17-9-6-7-11-20(17)27-15-19(13-21(27)28)23(30)25(3)16-22(29)26-12-8-10-18(14-26)24(31)32-5-2/h6-7,9,11,18-19H,4-5,8,10,12-16H2,1-3H3. The Hall–Kier alpha value is -2.90. The Bertz CT molecular complexity index is 871. The summed E-state index contributed by atoms with van der Waals surface area (Å²) >= 11 is 0. The lowest BCUT2D eigenvalue weighted by Gasteiger charge is -2.33. The number of benzene rings is 1. The zero-order valence-electron chi connectivity index (χ0n) is 19.2. The molecule has 0 aliphatic carbocycles. The third-order valence-electron chi connectivity index (χ3n) is 6.28. The van der Waals surface area contributed by atoms with Crippen molar-refractivity contribution >= 4 is 29.4 Å². The summed E-state index contributed by atoms with van der Waals surface area (Å²) in [7, 11) is 1.60. The molecule has 2 aliphatic heterocycles. The molecule has 0 aromatic heterocycles. The van der Waals surface area contributed by atoms with Gasteiger partial charge < -0.3 is 19.4 Å². The van der Waals surface area contributed by atoms with Crippen LogP contribution in [0.2, 0.25) is 0 Å². The summed E-state index contributed by atoms with van der Waals surface area (Å²) in [6.45, 7) is 5.27. The number of aryl methyl sites for hydroxylation is 1. The molecule has 0 radical (unpaired) electrons. The third-order valence-corrected chi connectivity index (χ3v) is 6.28. The highest BCUT2D eigenvalue weighted by Gasteiger charge is 2.38. The van der Waals surface area contributed by atoms with Crippen molar-refractivity contribution in [2.45, 2.75) is 39.5 Å². The second kappa shape index (κ2) is 10.6. The van der Waals surface area contributed by atoms with Crippen LogP contribution < -0.4 is 4.90 Å². The second-order valence-corrected chi connectivity index (χ2v) is 8.51. The molecule has 3 rings (SSSR count). The number of nitrogens with zero attached hydrogens (tertiary/aromatic N) is 3. The van der Waals surface area contributed by atoms with E-state index in [4.69, 9.17) is 4.74 Å². The zero-order valence-corrected chi connectivity index (χ0v) is 19.2. The summed E-state index contributed by atoms with van der Waals surface area (Å²) in [5.74, 6) is -1.52. The number of piperidine rings is 1. The molecule has 0 bridgehead atoms. The molecule has 2 saturated heterocycles. The SMILES string of the molecule is CCOC(=O)C1CCCN(C(=O)CN(C)C(=O)C2CC(=O)N(c3ccccc3CC)C2)C1. The van der Waals surface area contributed by atoms with Crippen molar-refractivity contribution in [1.29, 1.82) is 0 Å². The van der Waals surface area contributed by atoms with Crippen molar-refractivity contribution in [3.8, 4) is 0 Å². The molecular formula is C24H33N3O5. The fourth-order valence-electron chi connectivity index (χ4n) is 4.53. The van der Waals surface area contributed by atoms with Crippen LogP contribution in [0.15, 0.2) is 24.3 Å². The van der Waals surface area contributed by atoms with E-state index in [2.05, 4.69) is 0 Å². The Morgan fingerprint density at radius 1 is 1.12 bits per heavy atom. The lowest BCUT2D eigenvalue weighted by atomic mass is 9.98. The second-order valence-electron chi connectivity index (χ2n) is 8.51. The van der Waals surface area contributed by atoms with Gasteiger partial charge in [-0.25, -0.2) is 0 Å². The average molecular weight is 444 g/mol. The summed E-state index contributed by atoms with van der Waals surface area (Å²) in [5.41, 5.74) is 1.92. The number of likely N-dealkylation sites (N-methyl/N-ethyl adjacent to an activating group) is 1.